The standard InChI is InChI=1S/C11H21N3O/c1-10(2)14(9-5-8-13)11(15)6-3-4-7-12/h10H,3-7,9,12H2,1-2H3. The molecule has 0 saturated carbocycles. The van der Waals surface area contributed by atoms with Gasteiger partial charge in [0.1, 0.15) is 0 Å². The van der Waals surface area contributed by atoms with Crippen molar-refractivity contribution >= 4 is 5.91 Å². The van der Waals surface area contributed by atoms with Gasteiger partial charge in [-0.3, -0.25) is 4.79 Å². The molecule has 0 heterocycles. The lowest BCUT2D eigenvalue weighted by Crippen LogP contribution is -2.37. The Labute approximate surface area is 92.0 Å². The zero-order chi connectivity index (χ0) is 11.7. The zero-order valence-electron chi connectivity index (χ0n) is 9.70. The largest absolute Gasteiger partial charge is 0.339 e. The van der Waals surface area contributed by atoms with Gasteiger partial charge in [0.15, 0.2) is 0 Å². The summed E-state index contributed by atoms with van der Waals surface area (Å²) in [4.78, 5) is 13.5. The Hall–Kier alpha value is -1.08. The molecule has 0 aliphatic heterocycles. The van der Waals surface area contributed by atoms with Gasteiger partial charge in [-0.25, -0.2) is 0 Å². The van der Waals surface area contributed by atoms with Crippen LogP contribution in [0.2, 0.25) is 0 Å². The monoisotopic (exact) mass is 211 g/mol. The molecule has 0 radical (unpaired) electrons. The number of rotatable bonds is 7. The maximum atomic E-state index is 11.7. The van der Waals surface area contributed by atoms with Gasteiger partial charge in [0.05, 0.1) is 12.5 Å². The van der Waals surface area contributed by atoms with Crippen molar-refractivity contribution < 1.29 is 4.79 Å². The molecular weight excluding hydrogens is 190 g/mol. The first kappa shape index (κ1) is 13.9. The summed E-state index contributed by atoms with van der Waals surface area (Å²) < 4.78 is 0. The van der Waals surface area contributed by atoms with Gasteiger partial charge in [-0.2, -0.15) is 5.26 Å². The first-order valence-corrected chi connectivity index (χ1v) is 5.50. The van der Waals surface area contributed by atoms with Gasteiger partial charge in [-0.15, -0.1) is 0 Å². The van der Waals surface area contributed by atoms with Crippen molar-refractivity contribution in [2.45, 2.75) is 45.6 Å². The number of nitrogens with two attached hydrogens (primary N) is 1. The number of hydrogen-bond donors (Lipinski definition) is 1. The molecule has 0 aliphatic rings. The average molecular weight is 211 g/mol. The average Bonchev–Trinajstić information content (AvgIpc) is 2.18. The highest BCUT2D eigenvalue weighted by molar-refractivity contribution is 5.76. The Balaban J connectivity index is 4.00. The van der Waals surface area contributed by atoms with Gasteiger partial charge in [0.2, 0.25) is 5.91 Å². The van der Waals surface area contributed by atoms with Crippen LogP contribution in [-0.2, 0) is 4.79 Å². The van der Waals surface area contributed by atoms with Crippen LogP contribution in [0, 0.1) is 11.3 Å². The second kappa shape index (κ2) is 8.25. The van der Waals surface area contributed by atoms with E-state index < -0.39 is 0 Å². The fourth-order valence-electron chi connectivity index (χ4n) is 1.41. The fourth-order valence-corrected chi connectivity index (χ4v) is 1.41. The summed E-state index contributed by atoms with van der Waals surface area (Å²) in [5, 5.41) is 8.49. The van der Waals surface area contributed by atoms with Crippen LogP contribution in [0.5, 0.6) is 0 Å². The number of hydrogen-bond acceptors (Lipinski definition) is 3. The third kappa shape index (κ3) is 6.08. The summed E-state index contributed by atoms with van der Waals surface area (Å²) in [6, 6.07) is 2.23. The molecule has 0 aliphatic carbocycles. The van der Waals surface area contributed by atoms with E-state index in [0.717, 1.165) is 12.8 Å². The highest BCUT2D eigenvalue weighted by Crippen LogP contribution is 2.05. The zero-order valence-corrected chi connectivity index (χ0v) is 9.70. The molecule has 1 amide bonds. The smallest absolute Gasteiger partial charge is 0.222 e. The van der Waals surface area contributed by atoms with E-state index in [4.69, 9.17) is 11.0 Å². The van der Waals surface area contributed by atoms with E-state index in [1.165, 1.54) is 0 Å². The van der Waals surface area contributed by atoms with Crippen molar-refractivity contribution in [3.8, 4) is 6.07 Å². The molecule has 0 rings (SSSR count). The Kier molecular flexibility index (Phi) is 7.65. The lowest BCUT2D eigenvalue weighted by molar-refractivity contribution is -0.132. The second-order valence-electron chi connectivity index (χ2n) is 3.83. The number of amides is 1. The summed E-state index contributed by atoms with van der Waals surface area (Å²) >= 11 is 0. The van der Waals surface area contributed by atoms with E-state index in [9.17, 15) is 4.79 Å². The van der Waals surface area contributed by atoms with Crippen molar-refractivity contribution in [3.63, 3.8) is 0 Å². The van der Waals surface area contributed by atoms with E-state index in [-0.39, 0.29) is 11.9 Å². The van der Waals surface area contributed by atoms with Gasteiger partial charge in [0, 0.05) is 19.0 Å². The maximum absolute atomic E-state index is 11.7. The number of carbonyl (C=O) groups excluding carboxylic acids is 1. The van der Waals surface area contributed by atoms with Crippen molar-refractivity contribution in [3.05, 3.63) is 0 Å². The molecule has 0 aromatic heterocycles. The van der Waals surface area contributed by atoms with Gasteiger partial charge in [-0.05, 0) is 33.2 Å². The highest BCUT2D eigenvalue weighted by atomic mass is 16.2. The van der Waals surface area contributed by atoms with E-state index in [2.05, 4.69) is 6.07 Å². The van der Waals surface area contributed by atoms with Crippen LogP contribution in [0.25, 0.3) is 0 Å². The minimum atomic E-state index is 0.133. The van der Waals surface area contributed by atoms with Crippen molar-refractivity contribution in [1.29, 1.82) is 5.26 Å². The number of unbranched alkanes of at least 4 members (excludes halogenated alkanes) is 1. The number of carbonyl (C=O) groups is 1. The van der Waals surface area contributed by atoms with Gasteiger partial charge in [0.25, 0.3) is 0 Å². The van der Waals surface area contributed by atoms with Crippen LogP contribution in [0.3, 0.4) is 0 Å². The van der Waals surface area contributed by atoms with Crippen molar-refractivity contribution in [1.82, 2.24) is 4.90 Å². The Bertz CT molecular complexity index is 220. The molecule has 2 N–H and O–H groups in total. The topological polar surface area (TPSA) is 70.1 Å². The predicted molar refractivity (Wildman–Crippen MR) is 60.0 cm³/mol. The van der Waals surface area contributed by atoms with Crippen LogP contribution in [0.1, 0.15) is 39.5 Å². The van der Waals surface area contributed by atoms with E-state index in [1.54, 1.807) is 4.90 Å². The molecule has 0 aromatic carbocycles. The summed E-state index contributed by atoms with van der Waals surface area (Å²) in [5.41, 5.74) is 5.36. The third-order valence-corrected chi connectivity index (χ3v) is 2.25. The molecule has 0 spiro atoms. The molecule has 0 saturated heterocycles. The van der Waals surface area contributed by atoms with Crippen molar-refractivity contribution in [2.24, 2.45) is 5.73 Å². The summed E-state index contributed by atoms with van der Waals surface area (Å²) in [5.74, 6) is 0.133. The van der Waals surface area contributed by atoms with E-state index in [0.29, 0.717) is 25.9 Å². The molecule has 4 nitrogen and oxygen atoms in total. The lowest BCUT2D eigenvalue weighted by atomic mass is 10.2. The molecule has 0 atom stereocenters. The normalized spacial score (nSPS) is 10.1. The van der Waals surface area contributed by atoms with Gasteiger partial charge >= 0.3 is 0 Å². The van der Waals surface area contributed by atoms with Crippen LogP contribution in [-0.4, -0.2) is 29.9 Å². The molecular formula is C11H21N3O. The molecule has 0 aromatic rings. The lowest BCUT2D eigenvalue weighted by Gasteiger charge is -2.25. The summed E-state index contributed by atoms with van der Waals surface area (Å²) in [6.07, 6.45) is 2.67. The molecule has 0 bridgehead atoms. The number of nitrogens with zero attached hydrogens (tertiary/aromatic N) is 2. The Morgan fingerprint density at radius 1 is 1.47 bits per heavy atom. The molecule has 86 valence electrons. The quantitative estimate of drug-likeness (QED) is 0.645. The molecule has 15 heavy (non-hydrogen) atoms. The van der Waals surface area contributed by atoms with E-state index >= 15 is 0 Å². The minimum Gasteiger partial charge on any atom is -0.339 e. The first-order chi connectivity index (χ1) is 7.13. The van der Waals surface area contributed by atoms with E-state index in [1.807, 2.05) is 13.8 Å². The first-order valence-electron chi connectivity index (χ1n) is 5.50. The van der Waals surface area contributed by atoms with Crippen LogP contribution in [0.4, 0.5) is 0 Å². The predicted octanol–water partition coefficient (Wildman–Crippen LogP) is 1.27. The number of nitriles is 1. The Morgan fingerprint density at radius 2 is 2.13 bits per heavy atom. The van der Waals surface area contributed by atoms with Gasteiger partial charge < -0.3 is 10.6 Å². The molecule has 4 heteroatoms. The van der Waals surface area contributed by atoms with Crippen LogP contribution < -0.4 is 5.73 Å². The summed E-state index contributed by atoms with van der Waals surface area (Å²) in [7, 11) is 0. The third-order valence-electron chi connectivity index (χ3n) is 2.25. The maximum Gasteiger partial charge on any atom is 0.222 e. The molecule has 0 fully saturated rings. The summed E-state index contributed by atoms with van der Waals surface area (Å²) in [6.45, 7) is 5.11. The van der Waals surface area contributed by atoms with Crippen LogP contribution in [0.15, 0.2) is 0 Å². The van der Waals surface area contributed by atoms with Gasteiger partial charge in [-0.1, -0.05) is 0 Å². The second-order valence-corrected chi connectivity index (χ2v) is 3.83. The fraction of sp³-hybridized carbons (Fsp3) is 0.818. The molecule has 0 unspecified atom stereocenters. The van der Waals surface area contributed by atoms with Crippen LogP contribution >= 0.6 is 0 Å². The minimum absolute atomic E-state index is 0.133. The van der Waals surface area contributed by atoms with Crippen molar-refractivity contribution in [2.75, 3.05) is 13.1 Å². The Morgan fingerprint density at radius 3 is 2.60 bits per heavy atom. The SMILES string of the molecule is CC(C)N(CCC#N)C(=O)CCCCN. The highest BCUT2D eigenvalue weighted by Gasteiger charge is 2.15.